The Labute approximate surface area is 140 Å². The number of amides is 1. The molecule has 2 heterocycles. The Morgan fingerprint density at radius 2 is 2.12 bits per heavy atom. The Hall–Kier alpha value is -2.51. The summed E-state index contributed by atoms with van der Waals surface area (Å²) in [4.78, 5) is 24.2. The predicted molar refractivity (Wildman–Crippen MR) is 79.1 cm³/mol. The summed E-state index contributed by atoms with van der Waals surface area (Å²) >= 11 is 0. The van der Waals surface area contributed by atoms with Gasteiger partial charge in [0.15, 0.2) is 17.3 Å². The van der Waals surface area contributed by atoms with Gasteiger partial charge in [-0.2, -0.15) is 13.2 Å². The summed E-state index contributed by atoms with van der Waals surface area (Å²) in [6.07, 6.45) is -2.21. The van der Waals surface area contributed by atoms with Crippen LogP contribution in [0, 0.1) is 0 Å². The van der Waals surface area contributed by atoms with Crippen molar-refractivity contribution < 1.29 is 32.6 Å². The van der Waals surface area contributed by atoms with Gasteiger partial charge in [-0.15, -0.1) is 0 Å². The van der Waals surface area contributed by atoms with Gasteiger partial charge >= 0.3 is 12.1 Å². The Morgan fingerprint density at radius 3 is 2.84 bits per heavy atom. The number of hydrogen-bond donors (Lipinski definition) is 1. The van der Waals surface area contributed by atoms with Crippen molar-refractivity contribution in [3.63, 3.8) is 0 Å². The van der Waals surface area contributed by atoms with Crippen molar-refractivity contribution in [2.75, 3.05) is 6.54 Å². The average molecular weight is 353 g/mol. The van der Waals surface area contributed by atoms with E-state index in [1.54, 1.807) is 6.08 Å². The molecule has 0 bridgehead atoms. The Bertz CT molecular complexity index is 817. The lowest BCUT2D eigenvalue weighted by molar-refractivity contribution is -0.186. The highest BCUT2D eigenvalue weighted by molar-refractivity contribution is 5.92. The van der Waals surface area contributed by atoms with Crippen LogP contribution in [-0.4, -0.2) is 40.5 Å². The van der Waals surface area contributed by atoms with E-state index in [1.807, 2.05) is 0 Å². The first-order valence-electron chi connectivity index (χ1n) is 7.82. The van der Waals surface area contributed by atoms with Crippen LogP contribution in [-0.2, 0) is 21.5 Å². The largest absolute Gasteiger partial charge is 0.504 e. The van der Waals surface area contributed by atoms with Gasteiger partial charge < -0.3 is 14.7 Å². The second-order valence-electron chi connectivity index (χ2n) is 6.57. The second kappa shape index (κ2) is 5.00. The quantitative estimate of drug-likeness (QED) is 0.777. The third kappa shape index (κ3) is 2.23. The lowest BCUT2D eigenvalue weighted by atomic mass is 9.69. The molecule has 1 aromatic rings. The number of alkyl halides is 3. The third-order valence-corrected chi connectivity index (χ3v) is 5.16. The zero-order chi connectivity index (χ0) is 18.0. The van der Waals surface area contributed by atoms with Gasteiger partial charge in [0.05, 0.1) is 5.41 Å². The Balaban J connectivity index is 1.85. The molecule has 0 fully saturated rings. The van der Waals surface area contributed by atoms with E-state index in [2.05, 4.69) is 0 Å². The molecular formula is C17H14F3NO4. The highest BCUT2D eigenvalue weighted by Gasteiger charge is 2.54. The van der Waals surface area contributed by atoms with Gasteiger partial charge in [-0.25, -0.2) is 0 Å². The SMILES string of the molecule is O=C1C=C[C@@]23CCN(C(=O)C(F)(F)F)Cc4ccc(O)c(c42)O[C@H]3C1. The van der Waals surface area contributed by atoms with Crippen LogP contribution in [0.2, 0.25) is 0 Å². The summed E-state index contributed by atoms with van der Waals surface area (Å²) in [5, 5.41) is 10.1. The molecule has 1 aliphatic carbocycles. The summed E-state index contributed by atoms with van der Waals surface area (Å²) in [5.41, 5.74) is 0.265. The Kier molecular flexibility index (Phi) is 3.20. The molecule has 1 amide bonds. The molecule has 1 aromatic carbocycles. The van der Waals surface area contributed by atoms with Gasteiger partial charge in [-0.05, 0) is 24.1 Å². The van der Waals surface area contributed by atoms with Crippen molar-refractivity contribution in [2.24, 2.45) is 0 Å². The van der Waals surface area contributed by atoms with E-state index in [9.17, 15) is 27.9 Å². The van der Waals surface area contributed by atoms with Crippen LogP contribution in [0.25, 0.3) is 0 Å². The van der Waals surface area contributed by atoms with Crippen molar-refractivity contribution in [2.45, 2.75) is 37.1 Å². The Morgan fingerprint density at radius 1 is 1.36 bits per heavy atom. The lowest BCUT2D eigenvalue weighted by Crippen LogP contribution is -2.44. The minimum atomic E-state index is -4.95. The maximum Gasteiger partial charge on any atom is 0.471 e. The molecule has 3 aliphatic rings. The van der Waals surface area contributed by atoms with Crippen molar-refractivity contribution >= 4 is 11.7 Å². The van der Waals surface area contributed by atoms with Crippen LogP contribution in [0.5, 0.6) is 11.5 Å². The third-order valence-electron chi connectivity index (χ3n) is 5.16. The number of hydrogen-bond acceptors (Lipinski definition) is 4. The maximum atomic E-state index is 12.9. The first-order valence-corrected chi connectivity index (χ1v) is 7.82. The normalized spacial score (nSPS) is 27.4. The molecule has 5 nitrogen and oxygen atoms in total. The number of carbonyl (C=O) groups is 2. The lowest BCUT2D eigenvalue weighted by Gasteiger charge is -2.33. The molecule has 0 saturated carbocycles. The van der Waals surface area contributed by atoms with Crippen LogP contribution in [0.4, 0.5) is 13.2 Å². The molecule has 2 atom stereocenters. The van der Waals surface area contributed by atoms with Crippen molar-refractivity contribution in [3.8, 4) is 11.5 Å². The monoisotopic (exact) mass is 353 g/mol. The van der Waals surface area contributed by atoms with Gasteiger partial charge in [0.1, 0.15) is 6.10 Å². The summed E-state index contributed by atoms with van der Waals surface area (Å²) < 4.78 is 44.4. The summed E-state index contributed by atoms with van der Waals surface area (Å²) in [7, 11) is 0. The van der Waals surface area contributed by atoms with Crippen LogP contribution in [0.1, 0.15) is 24.0 Å². The number of phenolic OH excluding ortho intramolecular Hbond substituents is 1. The van der Waals surface area contributed by atoms with E-state index >= 15 is 0 Å². The summed E-state index contributed by atoms with van der Waals surface area (Å²) in [6, 6.07) is 2.85. The minimum absolute atomic E-state index is 0.0806. The molecular weight excluding hydrogens is 339 g/mol. The van der Waals surface area contributed by atoms with Crippen molar-refractivity contribution in [1.29, 1.82) is 0 Å². The fraction of sp³-hybridized carbons (Fsp3) is 0.412. The molecule has 0 aromatic heterocycles. The van der Waals surface area contributed by atoms with E-state index in [4.69, 9.17) is 4.74 Å². The van der Waals surface area contributed by atoms with E-state index in [0.29, 0.717) is 11.1 Å². The van der Waals surface area contributed by atoms with E-state index in [1.165, 1.54) is 18.2 Å². The van der Waals surface area contributed by atoms with Gasteiger partial charge in [-0.3, -0.25) is 9.59 Å². The highest BCUT2D eigenvalue weighted by atomic mass is 19.4. The van der Waals surface area contributed by atoms with Gasteiger partial charge in [0, 0.05) is 25.1 Å². The van der Waals surface area contributed by atoms with Crippen LogP contribution in [0.3, 0.4) is 0 Å². The number of aromatic hydroxyl groups is 1. The first-order chi connectivity index (χ1) is 11.7. The number of ketones is 1. The second-order valence-corrected chi connectivity index (χ2v) is 6.57. The number of ether oxygens (including phenoxy) is 1. The summed E-state index contributed by atoms with van der Waals surface area (Å²) in [5.74, 6) is -1.96. The number of phenols is 1. The maximum absolute atomic E-state index is 12.9. The molecule has 25 heavy (non-hydrogen) atoms. The molecule has 2 aliphatic heterocycles. The van der Waals surface area contributed by atoms with E-state index in [-0.39, 0.29) is 43.2 Å². The number of nitrogens with zero attached hydrogens (tertiary/aromatic N) is 1. The number of allylic oxidation sites excluding steroid dienone is 1. The number of rotatable bonds is 0. The van der Waals surface area contributed by atoms with Crippen LogP contribution < -0.4 is 4.74 Å². The topological polar surface area (TPSA) is 66.8 Å². The molecule has 0 saturated heterocycles. The van der Waals surface area contributed by atoms with Gasteiger partial charge in [-0.1, -0.05) is 12.1 Å². The number of carbonyl (C=O) groups excluding carboxylic acids is 2. The van der Waals surface area contributed by atoms with E-state index in [0.717, 1.165) is 4.90 Å². The minimum Gasteiger partial charge on any atom is -0.504 e. The van der Waals surface area contributed by atoms with Gasteiger partial charge in [0.25, 0.3) is 0 Å². The standard InChI is InChI=1S/C17H14F3NO4/c18-17(19,20)15(24)21-6-5-16-4-3-10(22)7-12(16)25-14-11(23)2-1-9(8-21)13(14)16/h1-4,12,23H,5-8H2/t12-,16-/m0/s1. The first kappa shape index (κ1) is 16.0. The molecule has 0 unspecified atom stereocenters. The number of halogens is 3. The molecule has 8 heteroatoms. The zero-order valence-electron chi connectivity index (χ0n) is 13.0. The zero-order valence-corrected chi connectivity index (χ0v) is 13.0. The molecule has 0 radical (unpaired) electrons. The molecule has 1 spiro atoms. The van der Waals surface area contributed by atoms with Gasteiger partial charge in [0.2, 0.25) is 0 Å². The fourth-order valence-electron chi connectivity index (χ4n) is 4.02. The molecule has 4 rings (SSSR count). The van der Waals surface area contributed by atoms with E-state index < -0.39 is 23.6 Å². The highest BCUT2D eigenvalue weighted by Crippen LogP contribution is 2.55. The smallest absolute Gasteiger partial charge is 0.471 e. The predicted octanol–water partition coefficient (Wildman–Crippen LogP) is 2.21. The fourth-order valence-corrected chi connectivity index (χ4v) is 4.02. The molecule has 132 valence electrons. The van der Waals surface area contributed by atoms with Crippen LogP contribution >= 0.6 is 0 Å². The molecule has 1 N–H and O–H groups in total. The average Bonchev–Trinajstić information content (AvgIpc) is 2.78. The van der Waals surface area contributed by atoms with Crippen molar-refractivity contribution in [1.82, 2.24) is 4.90 Å². The van der Waals surface area contributed by atoms with Crippen molar-refractivity contribution in [3.05, 3.63) is 35.4 Å². The van der Waals surface area contributed by atoms with Crippen LogP contribution in [0.15, 0.2) is 24.3 Å². The number of benzene rings is 1. The summed E-state index contributed by atoms with van der Waals surface area (Å²) in [6.45, 7) is -0.341.